The van der Waals surface area contributed by atoms with Crippen molar-refractivity contribution in [1.82, 2.24) is 0 Å². The summed E-state index contributed by atoms with van der Waals surface area (Å²) in [6, 6.07) is 9.49. The summed E-state index contributed by atoms with van der Waals surface area (Å²) in [5.74, 6) is 0.817. The lowest BCUT2D eigenvalue weighted by Crippen LogP contribution is -1.97. The van der Waals surface area contributed by atoms with E-state index >= 15 is 0 Å². The van der Waals surface area contributed by atoms with Crippen molar-refractivity contribution in [3.05, 3.63) is 57.8 Å². The van der Waals surface area contributed by atoms with Gasteiger partial charge in [-0.3, -0.25) is 4.79 Å². The highest BCUT2D eigenvalue weighted by molar-refractivity contribution is 7.12. The number of rotatable bonds is 7. The Bertz CT molecular complexity index is 615. The molecule has 0 unspecified atom stereocenters. The van der Waals surface area contributed by atoms with Gasteiger partial charge in [-0.1, -0.05) is 18.2 Å². The molecule has 0 radical (unpaired) electrons. The standard InChI is InChI=1S/C17H18O3S/c1-3-20-12-14-11-13(7-9-16(14)19-2)6-8-15(18)17-5-4-10-21-17/h4-11H,3,12H2,1-2H3/b8-6+. The highest BCUT2D eigenvalue weighted by Gasteiger charge is 2.05. The van der Waals surface area contributed by atoms with Gasteiger partial charge in [-0.2, -0.15) is 0 Å². The second kappa shape index (κ2) is 7.76. The largest absolute Gasteiger partial charge is 0.496 e. The summed E-state index contributed by atoms with van der Waals surface area (Å²) >= 11 is 1.45. The van der Waals surface area contributed by atoms with E-state index in [-0.39, 0.29) is 5.78 Å². The summed E-state index contributed by atoms with van der Waals surface area (Å²) in [5, 5.41) is 1.90. The van der Waals surface area contributed by atoms with Gasteiger partial charge in [0.05, 0.1) is 18.6 Å². The Kier molecular flexibility index (Phi) is 5.72. The fourth-order valence-electron chi connectivity index (χ4n) is 1.90. The van der Waals surface area contributed by atoms with Gasteiger partial charge in [0.25, 0.3) is 0 Å². The maximum Gasteiger partial charge on any atom is 0.195 e. The Morgan fingerprint density at radius 3 is 2.86 bits per heavy atom. The lowest BCUT2D eigenvalue weighted by molar-refractivity contribution is 0.105. The van der Waals surface area contributed by atoms with E-state index in [2.05, 4.69) is 0 Å². The van der Waals surface area contributed by atoms with Crippen LogP contribution in [0.1, 0.15) is 27.7 Å². The molecule has 0 amide bonds. The highest BCUT2D eigenvalue weighted by Crippen LogP contribution is 2.22. The maximum atomic E-state index is 11.9. The first-order chi connectivity index (χ1) is 10.2. The van der Waals surface area contributed by atoms with Crippen molar-refractivity contribution < 1.29 is 14.3 Å². The molecule has 110 valence electrons. The average molecular weight is 302 g/mol. The zero-order valence-electron chi connectivity index (χ0n) is 12.2. The van der Waals surface area contributed by atoms with Gasteiger partial charge in [0.1, 0.15) is 5.75 Å². The molecule has 2 aromatic rings. The third kappa shape index (κ3) is 4.28. The van der Waals surface area contributed by atoms with E-state index in [0.29, 0.717) is 13.2 Å². The van der Waals surface area contributed by atoms with Crippen LogP contribution in [0.3, 0.4) is 0 Å². The molecule has 0 fully saturated rings. The van der Waals surface area contributed by atoms with Gasteiger partial charge in [0, 0.05) is 12.2 Å². The number of ether oxygens (including phenoxy) is 2. The molecule has 0 spiro atoms. The monoisotopic (exact) mass is 302 g/mol. The molecular weight excluding hydrogens is 284 g/mol. The summed E-state index contributed by atoms with van der Waals surface area (Å²) in [7, 11) is 1.64. The number of hydrogen-bond acceptors (Lipinski definition) is 4. The van der Waals surface area contributed by atoms with E-state index in [9.17, 15) is 4.79 Å². The van der Waals surface area contributed by atoms with Crippen LogP contribution in [0, 0.1) is 0 Å². The van der Waals surface area contributed by atoms with Gasteiger partial charge >= 0.3 is 0 Å². The Labute approximate surface area is 128 Å². The molecule has 0 bridgehead atoms. The van der Waals surface area contributed by atoms with E-state index in [1.54, 1.807) is 13.2 Å². The Balaban J connectivity index is 2.14. The smallest absolute Gasteiger partial charge is 0.195 e. The predicted molar refractivity (Wildman–Crippen MR) is 86.0 cm³/mol. The summed E-state index contributed by atoms with van der Waals surface area (Å²) in [6.07, 6.45) is 3.41. The second-order valence-electron chi connectivity index (χ2n) is 4.38. The van der Waals surface area contributed by atoms with Crippen molar-refractivity contribution in [1.29, 1.82) is 0 Å². The van der Waals surface area contributed by atoms with Crippen molar-refractivity contribution in [2.75, 3.05) is 13.7 Å². The van der Waals surface area contributed by atoms with Crippen LogP contribution < -0.4 is 4.74 Å². The fourth-order valence-corrected chi connectivity index (χ4v) is 2.54. The molecule has 0 aliphatic rings. The van der Waals surface area contributed by atoms with E-state index in [4.69, 9.17) is 9.47 Å². The van der Waals surface area contributed by atoms with Crippen LogP contribution >= 0.6 is 11.3 Å². The second-order valence-corrected chi connectivity index (χ2v) is 5.33. The van der Waals surface area contributed by atoms with Crippen LogP contribution in [0.4, 0.5) is 0 Å². The van der Waals surface area contributed by atoms with Crippen molar-refractivity contribution >= 4 is 23.2 Å². The first kappa shape index (κ1) is 15.5. The van der Waals surface area contributed by atoms with Gasteiger partial charge in [-0.05, 0) is 42.1 Å². The number of ketones is 1. The van der Waals surface area contributed by atoms with Crippen LogP contribution in [0.2, 0.25) is 0 Å². The fraction of sp³-hybridized carbons (Fsp3) is 0.235. The van der Waals surface area contributed by atoms with Gasteiger partial charge in [-0.25, -0.2) is 0 Å². The third-order valence-corrected chi connectivity index (χ3v) is 3.84. The summed E-state index contributed by atoms with van der Waals surface area (Å²) in [4.78, 5) is 12.7. The van der Waals surface area contributed by atoms with E-state index in [1.165, 1.54) is 11.3 Å². The molecule has 1 aromatic heterocycles. The molecule has 1 aromatic carbocycles. The summed E-state index contributed by atoms with van der Waals surface area (Å²) in [6.45, 7) is 3.11. The van der Waals surface area contributed by atoms with Crippen LogP contribution in [0.25, 0.3) is 6.08 Å². The SMILES string of the molecule is CCOCc1cc(/C=C/C(=O)c2cccs2)ccc1OC. The number of hydrogen-bond donors (Lipinski definition) is 0. The molecule has 0 saturated heterocycles. The third-order valence-electron chi connectivity index (χ3n) is 2.96. The summed E-state index contributed by atoms with van der Waals surface area (Å²) < 4.78 is 10.7. The maximum absolute atomic E-state index is 11.9. The first-order valence-electron chi connectivity index (χ1n) is 6.75. The number of carbonyl (C=O) groups excluding carboxylic acids is 1. The molecule has 0 aliphatic heterocycles. The van der Waals surface area contributed by atoms with E-state index in [0.717, 1.165) is 21.8 Å². The molecule has 4 heteroatoms. The Morgan fingerprint density at radius 2 is 2.19 bits per heavy atom. The number of methoxy groups -OCH3 is 1. The predicted octanol–water partition coefficient (Wildman–Crippen LogP) is 4.19. The molecule has 21 heavy (non-hydrogen) atoms. The van der Waals surface area contributed by atoms with Gasteiger partial charge in [0.15, 0.2) is 5.78 Å². The molecular formula is C17H18O3S. The average Bonchev–Trinajstić information content (AvgIpc) is 3.05. The molecule has 0 N–H and O–H groups in total. The summed E-state index contributed by atoms with van der Waals surface area (Å²) in [5.41, 5.74) is 1.93. The number of allylic oxidation sites excluding steroid dienone is 1. The minimum absolute atomic E-state index is 0.0205. The Hall–Kier alpha value is -1.91. The normalized spacial score (nSPS) is 11.0. The topological polar surface area (TPSA) is 35.5 Å². The highest BCUT2D eigenvalue weighted by atomic mass is 32.1. The zero-order chi connectivity index (χ0) is 15.1. The molecule has 2 rings (SSSR count). The van der Waals surface area contributed by atoms with Gasteiger partial charge in [-0.15, -0.1) is 11.3 Å². The minimum atomic E-state index is 0.0205. The van der Waals surface area contributed by atoms with Crippen LogP contribution in [-0.2, 0) is 11.3 Å². The van der Waals surface area contributed by atoms with Gasteiger partial charge < -0.3 is 9.47 Å². The van der Waals surface area contributed by atoms with Crippen molar-refractivity contribution in [3.8, 4) is 5.75 Å². The van der Waals surface area contributed by atoms with E-state index < -0.39 is 0 Å². The van der Waals surface area contributed by atoms with Crippen LogP contribution in [0.5, 0.6) is 5.75 Å². The molecule has 1 heterocycles. The first-order valence-corrected chi connectivity index (χ1v) is 7.63. The molecule has 0 atom stereocenters. The number of thiophene rings is 1. The molecule has 0 saturated carbocycles. The number of benzene rings is 1. The lowest BCUT2D eigenvalue weighted by atomic mass is 10.1. The minimum Gasteiger partial charge on any atom is -0.496 e. The van der Waals surface area contributed by atoms with Crippen molar-refractivity contribution in [2.45, 2.75) is 13.5 Å². The van der Waals surface area contributed by atoms with Gasteiger partial charge in [0.2, 0.25) is 0 Å². The zero-order valence-corrected chi connectivity index (χ0v) is 13.0. The quantitative estimate of drug-likeness (QED) is 0.568. The number of carbonyl (C=O) groups is 1. The Morgan fingerprint density at radius 1 is 1.33 bits per heavy atom. The van der Waals surface area contributed by atoms with Crippen molar-refractivity contribution in [3.63, 3.8) is 0 Å². The van der Waals surface area contributed by atoms with Crippen LogP contribution in [0.15, 0.2) is 41.8 Å². The van der Waals surface area contributed by atoms with E-state index in [1.807, 2.05) is 48.7 Å². The van der Waals surface area contributed by atoms with Crippen LogP contribution in [-0.4, -0.2) is 19.5 Å². The van der Waals surface area contributed by atoms with Crippen molar-refractivity contribution in [2.24, 2.45) is 0 Å². The molecule has 0 aliphatic carbocycles. The lowest BCUT2D eigenvalue weighted by Gasteiger charge is -2.09. The molecule has 3 nitrogen and oxygen atoms in total.